The van der Waals surface area contributed by atoms with Crippen LogP contribution in [0.4, 0.5) is 10.1 Å². The fourth-order valence-corrected chi connectivity index (χ4v) is 5.90. The molecule has 6 nitrogen and oxygen atoms in total. The molecule has 0 radical (unpaired) electrons. The fraction of sp³-hybridized carbons (Fsp3) is 0.171. The molecule has 1 heterocycles. The SMILES string of the molecule is Cc1c(C(=O)Nc2ccc(S(C)(=O)=O)cc2)cc(C[C@H](C)OCc2ccccc2)n1-c1cc(F)c(Cl)cc1-c1ccccc1. The number of carbonyl (C=O) groups is 1. The number of ether oxygens (including phenoxy) is 1. The topological polar surface area (TPSA) is 77.4 Å². The minimum absolute atomic E-state index is 0.00553. The quantitative estimate of drug-likeness (QED) is 0.169. The van der Waals surface area contributed by atoms with Gasteiger partial charge < -0.3 is 14.6 Å². The zero-order valence-corrected chi connectivity index (χ0v) is 26.1. The van der Waals surface area contributed by atoms with Crippen LogP contribution >= 0.6 is 11.6 Å². The second kappa shape index (κ2) is 13.2. The van der Waals surface area contributed by atoms with E-state index in [-0.39, 0.29) is 21.9 Å². The van der Waals surface area contributed by atoms with Gasteiger partial charge in [0.05, 0.1) is 33.9 Å². The lowest BCUT2D eigenvalue weighted by Gasteiger charge is -2.20. The summed E-state index contributed by atoms with van der Waals surface area (Å²) in [6.45, 7) is 4.19. The fourth-order valence-electron chi connectivity index (χ4n) is 5.11. The predicted octanol–water partition coefficient (Wildman–Crippen LogP) is 8.05. The first-order chi connectivity index (χ1) is 21.0. The highest BCUT2D eigenvalue weighted by Crippen LogP contribution is 2.35. The minimum Gasteiger partial charge on any atom is -0.373 e. The highest BCUT2D eigenvalue weighted by atomic mass is 35.5. The average molecular weight is 631 g/mol. The van der Waals surface area contributed by atoms with E-state index in [1.54, 1.807) is 24.3 Å². The van der Waals surface area contributed by atoms with Gasteiger partial charge in [0.15, 0.2) is 9.84 Å². The van der Waals surface area contributed by atoms with Crippen LogP contribution < -0.4 is 5.32 Å². The summed E-state index contributed by atoms with van der Waals surface area (Å²) in [7, 11) is -3.38. The van der Waals surface area contributed by atoms with Gasteiger partial charge in [-0.1, -0.05) is 72.3 Å². The second-order valence-electron chi connectivity index (χ2n) is 10.7. The van der Waals surface area contributed by atoms with Crippen LogP contribution in [0.1, 0.15) is 34.2 Å². The van der Waals surface area contributed by atoms with Crippen LogP contribution in [0.3, 0.4) is 0 Å². The second-order valence-corrected chi connectivity index (χ2v) is 13.1. The highest BCUT2D eigenvalue weighted by Gasteiger charge is 2.23. The molecule has 0 saturated heterocycles. The first-order valence-corrected chi connectivity index (χ1v) is 16.3. The van der Waals surface area contributed by atoms with Crippen molar-refractivity contribution < 1.29 is 22.3 Å². The number of sulfone groups is 1. The van der Waals surface area contributed by atoms with Gasteiger partial charge in [-0.15, -0.1) is 0 Å². The maximum atomic E-state index is 15.1. The Kier molecular flexibility index (Phi) is 9.34. The van der Waals surface area contributed by atoms with Crippen LogP contribution in [0.15, 0.2) is 108 Å². The molecule has 0 aliphatic rings. The third-order valence-electron chi connectivity index (χ3n) is 7.35. The van der Waals surface area contributed by atoms with Gasteiger partial charge in [-0.2, -0.15) is 0 Å². The number of hydrogen-bond acceptors (Lipinski definition) is 4. The third-order valence-corrected chi connectivity index (χ3v) is 8.76. The van der Waals surface area contributed by atoms with Gasteiger partial charge in [-0.25, -0.2) is 12.8 Å². The molecular formula is C35H32ClFN2O4S. The van der Waals surface area contributed by atoms with Crippen LogP contribution in [-0.4, -0.2) is 31.3 Å². The normalized spacial score (nSPS) is 12.2. The maximum absolute atomic E-state index is 15.1. The van der Waals surface area contributed by atoms with E-state index in [1.165, 1.54) is 18.2 Å². The summed E-state index contributed by atoms with van der Waals surface area (Å²) in [5, 5.41) is 2.86. The average Bonchev–Trinajstić information content (AvgIpc) is 3.33. The Morgan fingerprint density at radius 1 is 0.955 bits per heavy atom. The van der Waals surface area contributed by atoms with Gasteiger partial charge in [0.25, 0.3) is 5.91 Å². The number of anilines is 1. The van der Waals surface area contributed by atoms with E-state index in [0.29, 0.717) is 41.2 Å². The van der Waals surface area contributed by atoms with Crippen LogP contribution in [0.25, 0.3) is 16.8 Å². The molecular weight excluding hydrogens is 599 g/mol. The number of nitrogens with one attached hydrogen (secondary N) is 1. The molecule has 1 aromatic heterocycles. The number of nitrogens with zero attached hydrogens (tertiary/aromatic N) is 1. The highest BCUT2D eigenvalue weighted by molar-refractivity contribution is 7.90. The molecule has 226 valence electrons. The van der Waals surface area contributed by atoms with Crippen molar-refractivity contribution in [2.45, 2.75) is 37.9 Å². The molecule has 5 rings (SSSR count). The summed E-state index contributed by atoms with van der Waals surface area (Å²) in [5.41, 5.74) is 5.30. The standard InChI is InChI=1S/C35H32ClFN2O4S/c1-23(43-22-25-10-6-4-7-11-25)18-28-19-30(35(40)38-27-14-16-29(17-15-27)44(3,41)42)24(2)39(28)34-21-33(37)32(36)20-31(34)26-12-8-5-9-13-26/h4-17,19-21,23H,18,22H2,1-3H3,(H,38,40)/t23-/m0/s1. The van der Waals surface area contributed by atoms with Crippen LogP contribution in [-0.2, 0) is 27.6 Å². The molecule has 0 fully saturated rings. The number of amides is 1. The minimum atomic E-state index is -3.38. The van der Waals surface area contributed by atoms with E-state index in [0.717, 1.165) is 23.1 Å². The third kappa shape index (κ3) is 7.10. The molecule has 0 aliphatic heterocycles. The van der Waals surface area contributed by atoms with Crippen molar-refractivity contribution in [3.05, 3.63) is 136 Å². The van der Waals surface area contributed by atoms with Gasteiger partial charge in [-0.05, 0) is 61.4 Å². The van der Waals surface area contributed by atoms with E-state index >= 15 is 4.39 Å². The van der Waals surface area contributed by atoms with Crippen molar-refractivity contribution in [1.82, 2.24) is 4.57 Å². The first-order valence-electron chi connectivity index (χ1n) is 14.0. The summed E-state index contributed by atoms with van der Waals surface area (Å²) in [4.78, 5) is 13.8. The van der Waals surface area contributed by atoms with Gasteiger partial charge in [0.1, 0.15) is 5.82 Å². The molecule has 1 N–H and O–H groups in total. The Hall–Kier alpha value is -4.24. The lowest BCUT2D eigenvalue weighted by atomic mass is 10.0. The molecule has 4 aromatic carbocycles. The summed E-state index contributed by atoms with van der Waals surface area (Å²) in [6.07, 6.45) is 1.32. The summed E-state index contributed by atoms with van der Waals surface area (Å²) < 4.78 is 46.8. The van der Waals surface area contributed by atoms with Gasteiger partial charge in [-0.3, -0.25) is 4.79 Å². The zero-order chi connectivity index (χ0) is 31.4. The first kappa shape index (κ1) is 31.2. The molecule has 5 aromatic rings. The van der Waals surface area contributed by atoms with E-state index in [1.807, 2.05) is 79.1 Å². The molecule has 0 aliphatic carbocycles. The summed E-state index contributed by atoms with van der Waals surface area (Å²) in [5.74, 6) is -0.964. The van der Waals surface area contributed by atoms with Crippen molar-refractivity contribution in [2.75, 3.05) is 11.6 Å². The van der Waals surface area contributed by atoms with E-state index < -0.39 is 15.7 Å². The Bertz CT molecular complexity index is 1890. The van der Waals surface area contributed by atoms with Crippen molar-refractivity contribution >= 4 is 33.0 Å². The summed E-state index contributed by atoms with van der Waals surface area (Å²) in [6, 6.07) is 30.1. The number of aromatic nitrogens is 1. The number of carbonyl (C=O) groups excluding carboxylic acids is 1. The Morgan fingerprint density at radius 3 is 2.23 bits per heavy atom. The van der Waals surface area contributed by atoms with Crippen molar-refractivity contribution in [3.63, 3.8) is 0 Å². The number of benzene rings is 4. The number of hydrogen-bond donors (Lipinski definition) is 1. The van der Waals surface area contributed by atoms with Crippen LogP contribution in [0, 0.1) is 12.7 Å². The number of rotatable bonds is 10. The molecule has 0 unspecified atom stereocenters. The Labute approximate surface area is 262 Å². The van der Waals surface area contributed by atoms with E-state index in [9.17, 15) is 13.2 Å². The monoisotopic (exact) mass is 630 g/mol. The van der Waals surface area contributed by atoms with Gasteiger partial charge in [0, 0.05) is 41.4 Å². The maximum Gasteiger partial charge on any atom is 0.257 e. The predicted molar refractivity (Wildman–Crippen MR) is 173 cm³/mol. The van der Waals surface area contributed by atoms with E-state index in [4.69, 9.17) is 16.3 Å². The van der Waals surface area contributed by atoms with Crippen molar-refractivity contribution in [3.8, 4) is 16.8 Å². The van der Waals surface area contributed by atoms with Gasteiger partial charge >= 0.3 is 0 Å². The van der Waals surface area contributed by atoms with Gasteiger partial charge in [0.2, 0.25) is 0 Å². The zero-order valence-electron chi connectivity index (χ0n) is 24.6. The Morgan fingerprint density at radius 2 is 1.59 bits per heavy atom. The molecule has 9 heteroatoms. The van der Waals surface area contributed by atoms with Crippen LogP contribution in [0.2, 0.25) is 5.02 Å². The summed E-state index contributed by atoms with van der Waals surface area (Å²) >= 11 is 6.27. The molecule has 1 amide bonds. The largest absolute Gasteiger partial charge is 0.373 e. The van der Waals surface area contributed by atoms with Crippen molar-refractivity contribution in [1.29, 1.82) is 0 Å². The van der Waals surface area contributed by atoms with E-state index in [2.05, 4.69) is 5.32 Å². The van der Waals surface area contributed by atoms with Crippen molar-refractivity contribution in [2.24, 2.45) is 0 Å². The lowest BCUT2D eigenvalue weighted by Crippen LogP contribution is -2.15. The molecule has 0 spiro atoms. The molecule has 1 atom stereocenters. The molecule has 0 saturated carbocycles. The molecule has 44 heavy (non-hydrogen) atoms. The van der Waals surface area contributed by atoms with Crippen LogP contribution in [0.5, 0.6) is 0 Å². The lowest BCUT2D eigenvalue weighted by molar-refractivity contribution is 0.0527. The smallest absolute Gasteiger partial charge is 0.257 e. The number of halogens is 2. The Balaban J connectivity index is 1.55. The molecule has 0 bridgehead atoms.